The molecule has 0 saturated heterocycles. The summed E-state index contributed by atoms with van der Waals surface area (Å²) in [6.45, 7) is 6.38. The summed E-state index contributed by atoms with van der Waals surface area (Å²) >= 11 is 0. The van der Waals surface area contributed by atoms with Gasteiger partial charge in [0.25, 0.3) is 0 Å². The first-order valence-corrected chi connectivity index (χ1v) is 7.48. The van der Waals surface area contributed by atoms with Crippen molar-refractivity contribution in [3.8, 4) is 0 Å². The van der Waals surface area contributed by atoms with Gasteiger partial charge in [-0.15, -0.1) is 0 Å². The Morgan fingerprint density at radius 1 is 1.21 bits per heavy atom. The van der Waals surface area contributed by atoms with Gasteiger partial charge in [-0.3, -0.25) is 4.79 Å². The highest BCUT2D eigenvalue weighted by Crippen LogP contribution is 2.33. The van der Waals surface area contributed by atoms with Gasteiger partial charge in [0.2, 0.25) is 5.91 Å². The fourth-order valence-electron chi connectivity index (χ4n) is 2.88. The van der Waals surface area contributed by atoms with Crippen LogP contribution in [0.2, 0.25) is 0 Å². The van der Waals surface area contributed by atoms with Crippen LogP contribution in [0.4, 0.5) is 0 Å². The van der Waals surface area contributed by atoms with Crippen molar-refractivity contribution < 1.29 is 14.7 Å². The Morgan fingerprint density at radius 2 is 1.79 bits per heavy atom. The van der Waals surface area contributed by atoms with Crippen molar-refractivity contribution in [3.05, 3.63) is 0 Å². The molecule has 0 bridgehead atoms. The first-order valence-electron chi connectivity index (χ1n) is 7.48. The quantitative estimate of drug-likeness (QED) is 0.779. The topological polar surface area (TPSA) is 66.4 Å². The highest BCUT2D eigenvalue weighted by molar-refractivity contribution is 5.84. The van der Waals surface area contributed by atoms with E-state index in [1.54, 1.807) is 0 Å². The molecule has 1 fully saturated rings. The number of nitrogens with one attached hydrogen (secondary N) is 1. The van der Waals surface area contributed by atoms with E-state index < -0.39 is 12.0 Å². The average molecular weight is 269 g/mol. The van der Waals surface area contributed by atoms with E-state index in [1.165, 1.54) is 0 Å². The van der Waals surface area contributed by atoms with Crippen molar-refractivity contribution in [2.24, 2.45) is 17.8 Å². The van der Waals surface area contributed by atoms with E-state index in [0.29, 0.717) is 12.3 Å². The smallest absolute Gasteiger partial charge is 0.326 e. The zero-order valence-corrected chi connectivity index (χ0v) is 12.3. The van der Waals surface area contributed by atoms with Crippen LogP contribution in [-0.2, 0) is 9.59 Å². The van der Waals surface area contributed by atoms with E-state index >= 15 is 0 Å². The lowest BCUT2D eigenvalue weighted by Gasteiger charge is -2.30. The third-order valence-corrected chi connectivity index (χ3v) is 4.28. The van der Waals surface area contributed by atoms with Crippen LogP contribution in [-0.4, -0.2) is 23.0 Å². The Morgan fingerprint density at radius 3 is 2.21 bits per heavy atom. The van der Waals surface area contributed by atoms with Crippen molar-refractivity contribution in [3.63, 3.8) is 0 Å². The summed E-state index contributed by atoms with van der Waals surface area (Å²) in [6, 6.07) is -0.722. The first-order chi connectivity index (χ1) is 8.95. The minimum Gasteiger partial charge on any atom is -0.480 e. The number of aliphatic carboxylic acids is 1. The molecule has 0 aromatic carbocycles. The third-order valence-electron chi connectivity index (χ3n) is 4.28. The standard InChI is InChI=1S/C15H27NO3/c1-4-5-13(15(18)19)16-14(17)12-8-6-11(7-9-12)10(2)3/h10-13H,4-9H2,1-3H3,(H,16,17)(H,18,19). The number of hydrogen-bond acceptors (Lipinski definition) is 2. The molecule has 0 spiro atoms. The molecule has 4 nitrogen and oxygen atoms in total. The van der Waals surface area contributed by atoms with Gasteiger partial charge in [-0.05, 0) is 43.9 Å². The molecule has 0 aliphatic heterocycles. The van der Waals surface area contributed by atoms with E-state index in [0.717, 1.165) is 38.0 Å². The van der Waals surface area contributed by atoms with Gasteiger partial charge in [0, 0.05) is 5.92 Å². The van der Waals surface area contributed by atoms with Gasteiger partial charge in [0.1, 0.15) is 6.04 Å². The number of amides is 1. The Labute approximate surface area is 116 Å². The molecule has 0 aromatic rings. The Balaban J connectivity index is 2.44. The monoisotopic (exact) mass is 269 g/mol. The summed E-state index contributed by atoms with van der Waals surface area (Å²) in [5.74, 6) is 0.411. The number of carbonyl (C=O) groups excluding carboxylic acids is 1. The van der Waals surface area contributed by atoms with Crippen LogP contribution in [0, 0.1) is 17.8 Å². The Hall–Kier alpha value is -1.06. The number of carbonyl (C=O) groups is 2. The van der Waals surface area contributed by atoms with Gasteiger partial charge in [0.15, 0.2) is 0 Å². The van der Waals surface area contributed by atoms with E-state index in [4.69, 9.17) is 5.11 Å². The number of carboxylic acids is 1. The van der Waals surface area contributed by atoms with E-state index in [1.807, 2.05) is 6.92 Å². The van der Waals surface area contributed by atoms with Crippen molar-refractivity contribution in [1.29, 1.82) is 0 Å². The predicted octanol–water partition coefficient (Wildman–Crippen LogP) is 2.82. The van der Waals surface area contributed by atoms with Crippen LogP contribution >= 0.6 is 0 Å². The van der Waals surface area contributed by atoms with Crippen LogP contribution < -0.4 is 5.32 Å². The third kappa shape index (κ3) is 4.84. The molecule has 1 aliphatic rings. The second-order valence-electron chi connectivity index (χ2n) is 6.04. The summed E-state index contributed by atoms with van der Waals surface area (Å²) in [5, 5.41) is 11.7. The molecular formula is C15H27NO3. The van der Waals surface area contributed by atoms with Crippen LogP contribution in [0.5, 0.6) is 0 Å². The maximum Gasteiger partial charge on any atom is 0.326 e. The van der Waals surface area contributed by atoms with Crippen molar-refractivity contribution >= 4 is 11.9 Å². The van der Waals surface area contributed by atoms with Gasteiger partial charge in [-0.1, -0.05) is 27.2 Å². The lowest BCUT2D eigenvalue weighted by atomic mass is 9.76. The molecule has 19 heavy (non-hydrogen) atoms. The molecule has 1 rings (SSSR count). The largest absolute Gasteiger partial charge is 0.480 e. The summed E-state index contributed by atoms with van der Waals surface area (Å²) in [7, 11) is 0. The highest BCUT2D eigenvalue weighted by atomic mass is 16.4. The lowest BCUT2D eigenvalue weighted by molar-refractivity contribution is -0.143. The fourth-order valence-corrected chi connectivity index (χ4v) is 2.88. The van der Waals surface area contributed by atoms with E-state index in [2.05, 4.69) is 19.2 Å². The molecule has 1 aliphatic carbocycles. The van der Waals surface area contributed by atoms with Crippen LogP contribution in [0.25, 0.3) is 0 Å². The van der Waals surface area contributed by atoms with Gasteiger partial charge < -0.3 is 10.4 Å². The highest BCUT2D eigenvalue weighted by Gasteiger charge is 2.29. The molecule has 1 unspecified atom stereocenters. The molecule has 4 heteroatoms. The maximum absolute atomic E-state index is 12.1. The molecule has 1 atom stereocenters. The minimum absolute atomic E-state index is 0.00806. The van der Waals surface area contributed by atoms with Crippen LogP contribution in [0.3, 0.4) is 0 Å². The first kappa shape index (κ1) is 16.0. The van der Waals surface area contributed by atoms with Crippen LogP contribution in [0.15, 0.2) is 0 Å². The van der Waals surface area contributed by atoms with Crippen molar-refractivity contribution in [2.75, 3.05) is 0 Å². The SMILES string of the molecule is CCCC(NC(=O)C1CCC(C(C)C)CC1)C(=O)O. The van der Waals surface area contributed by atoms with Crippen LogP contribution in [0.1, 0.15) is 59.3 Å². The predicted molar refractivity (Wildman–Crippen MR) is 74.8 cm³/mol. The lowest BCUT2D eigenvalue weighted by Crippen LogP contribution is -2.44. The second kappa shape index (κ2) is 7.51. The van der Waals surface area contributed by atoms with E-state index in [9.17, 15) is 9.59 Å². The maximum atomic E-state index is 12.1. The fraction of sp³-hybridized carbons (Fsp3) is 0.867. The van der Waals surface area contributed by atoms with Crippen molar-refractivity contribution in [1.82, 2.24) is 5.32 Å². The van der Waals surface area contributed by atoms with Gasteiger partial charge in [-0.2, -0.15) is 0 Å². The normalized spacial score (nSPS) is 25.1. The zero-order chi connectivity index (χ0) is 14.4. The second-order valence-corrected chi connectivity index (χ2v) is 6.04. The minimum atomic E-state index is -0.925. The average Bonchev–Trinajstić information content (AvgIpc) is 2.38. The van der Waals surface area contributed by atoms with E-state index in [-0.39, 0.29) is 11.8 Å². The van der Waals surface area contributed by atoms with Crippen molar-refractivity contribution in [2.45, 2.75) is 65.3 Å². The molecule has 1 saturated carbocycles. The molecular weight excluding hydrogens is 242 g/mol. The number of rotatable bonds is 6. The zero-order valence-electron chi connectivity index (χ0n) is 12.3. The number of hydrogen-bond donors (Lipinski definition) is 2. The van der Waals surface area contributed by atoms with Gasteiger partial charge in [0.05, 0.1) is 0 Å². The summed E-state index contributed by atoms with van der Waals surface area (Å²) < 4.78 is 0. The summed E-state index contributed by atoms with van der Waals surface area (Å²) in [4.78, 5) is 23.1. The molecule has 110 valence electrons. The Bertz CT molecular complexity index is 307. The molecule has 0 aromatic heterocycles. The summed E-state index contributed by atoms with van der Waals surface area (Å²) in [6.07, 6.45) is 5.22. The van der Waals surface area contributed by atoms with Gasteiger partial charge >= 0.3 is 5.97 Å². The van der Waals surface area contributed by atoms with Gasteiger partial charge in [-0.25, -0.2) is 4.79 Å². The molecule has 0 heterocycles. The number of carboxylic acid groups (broad SMARTS) is 1. The molecule has 2 N–H and O–H groups in total. The Kier molecular flexibility index (Phi) is 6.32. The molecule has 0 radical (unpaired) electrons. The summed E-state index contributed by atoms with van der Waals surface area (Å²) in [5.41, 5.74) is 0. The molecule has 1 amide bonds.